The highest BCUT2D eigenvalue weighted by atomic mass is 32.2. The van der Waals surface area contributed by atoms with E-state index < -0.39 is 11.1 Å². The molecule has 1 atom stereocenters. The SMILES string of the molecule is Nc1cc(NCCCCO)ccc1S(=O)[O-]. The van der Waals surface area contributed by atoms with Crippen LogP contribution in [0.4, 0.5) is 11.4 Å². The summed E-state index contributed by atoms with van der Waals surface area (Å²) in [5.74, 6) is 0. The average Bonchev–Trinajstić information content (AvgIpc) is 2.24. The second-order valence-electron chi connectivity index (χ2n) is 3.34. The van der Waals surface area contributed by atoms with Crippen molar-refractivity contribution in [2.45, 2.75) is 17.7 Å². The maximum absolute atomic E-state index is 10.7. The first-order chi connectivity index (χ1) is 7.65. The van der Waals surface area contributed by atoms with Gasteiger partial charge in [-0.05, 0) is 42.1 Å². The Bertz CT molecular complexity index is 371. The van der Waals surface area contributed by atoms with Gasteiger partial charge in [0.05, 0.1) is 0 Å². The zero-order chi connectivity index (χ0) is 12.0. The fraction of sp³-hybridized carbons (Fsp3) is 0.400. The highest BCUT2D eigenvalue weighted by molar-refractivity contribution is 7.79. The fourth-order valence-corrected chi connectivity index (χ4v) is 1.71. The molecule has 0 aromatic heterocycles. The molecule has 0 spiro atoms. The third-order valence-electron chi connectivity index (χ3n) is 2.10. The van der Waals surface area contributed by atoms with Gasteiger partial charge >= 0.3 is 0 Å². The highest BCUT2D eigenvalue weighted by Crippen LogP contribution is 2.20. The smallest absolute Gasteiger partial charge is 0.0487 e. The lowest BCUT2D eigenvalue weighted by Gasteiger charge is -2.11. The molecule has 90 valence electrons. The molecule has 0 saturated heterocycles. The topological polar surface area (TPSA) is 98.4 Å². The molecule has 1 rings (SSSR count). The molecule has 0 amide bonds. The molecule has 16 heavy (non-hydrogen) atoms. The lowest BCUT2D eigenvalue weighted by atomic mass is 10.2. The van der Waals surface area contributed by atoms with E-state index in [1.165, 1.54) is 6.07 Å². The largest absolute Gasteiger partial charge is 0.768 e. The van der Waals surface area contributed by atoms with Crippen LogP contribution in [0.3, 0.4) is 0 Å². The average molecular weight is 243 g/mol. The van der Waals surface area contributed by atoms with Crippen LogP contribution in [0.2, 0.25) is 0 Å². The Kier molecular flexibility index (Phi) is 5.24. The number of aliphatic hydroxyl groups excluding tert-OH is 1. The van der Waals surface area contributed by atoms with Gasteiger partial charge in [0.1, 0.15) is 0 Å². The summed E-state index contributed by atoms with van der Waals surface area (Å²) in [5.41, 5.74) is 6.60. The zero-order valence-electron chi connectivity index (χ0n) is 8.81. The van der Waals surface area contributed by atoms with Gasteiger partial charge in [0, 0.05) is 29.4 Å². The van der Waals surface area contributed by atoms with Gasteiger partial charge in [-0.15, -0.1) is 0 Å². The van der Waals surface area contributed by atoms with Gasteiger partial charge in [-0.25, -0.2) is 0 Å². The van der Waals surface area contributed by atoms with Crippen LogP contribution in [0.15, 0.2) is 23.1 Å². The lowest BCUT2D eigenvalue weighted by Crippen LogP contribution is -2.04. The Balaban J connectivity index is 2.56. The first kappa shape index (κ1) is 13.0. The van der Waals surface area contributed by atoms with E-state index in [0.717, 1.165) is 25.1 Å². The summed E-state index contributed by atoms with van der Waals surface area (Å²) in [6.07, 6.45) is 1.59. The minimum atomic E-state index is -2.29. The zero-order valence-corrected chi connectivity index (χ0v) is 9.63. The van der Waals surface area contributed by atoms with E-state index in [1.807, 2.05) is 0 Å². The van der Waals surface area contributed by atoms with E-state index in [2.05, 4.69) is 5.32 Å². The number of aliphatic hydroxyl groups is 1. The number of rotatable bonds is 6. The van der Waals surface area contributed by atoms with Crippen LogP contribution in [0.25, 0.3) is 0 Å². The molecular formula is C10H15N2O3S-. The predicted octanol–water partition coefficient (Wildman–Crippen LogP) is 0.691. The van der Waals surface area contributed by atoms with Gasteiger partial charge < -0.3 is 20.7 Å². The summed E-state index contributed by atoms with van der Waals surface area (Å²) in [6.45, 7) is 0.901. The maximum Gasteiger partial charge on any atom is 0.0487 e. The molecule has 1 aromatic rings. The summed E-state index contributed by atoms with van der Waals surface area (Å²) < 4.78 is 21.4. The minimum Gasteiger partial charge on any atom is -0.768 e. The number of benzene rings is 1. The molecule has 0 aliphatic carbocycles. The van der Waals surface area contributed by atoms with E-state index in [0.29, 0.717) is 0 Å². The summed E-state index contributed by atoms with van der Waals surface area (Å²) in [5, 5.41) is 11.7. The summed E-state index contributed by atoms with van der Waals surface area (Å²) in [7, 11) is 0. The van der Waals surface area contributed by atoms with Gasteiger partial charge in [0.15, 0.2) is 0 Å². The molecule has 0 fully saturated rings. The van der Waals surface area contributed by atoms with Crippen LogP contribution in [0.1, 0.15) is 12.8 Å². The molecule has 4 N–H and O–H groups in total. The number of unbranched alkanes of at least 4 members (excludes halogenated alkanes) is 1. The van der Waals surface area contributed by atoms with Crippen LogP contribution >= 0.6 is 0 Å². The van der Waals surface area contributed by atoms with Gasteiger partial charge in [0.2, 0.25) is 0 Å². The Morgan fingerprint density at radius 1 is 1.44 bits per heavy atom. The monoisotopic (exact) mass is 243 g/mol. The van der Waals surface area contributed by atoms with Crippen LogP contribution < -0.4 is 11.1 Å². The highest BCUT2D eigenvalue weighted by Gasteiger charge is 2.00. The van der Waals surface area contributed by atoms with Crippen molar-refractivity contribution in [3.63, 3.8) is 0 Å². The van der Waals surface area contributed by atoms with E-state index in [4.69, 9.17) is 10.8 Å². The lowest BCUT2D eigenvalue weighted by molar-refractivity contribution is 0.286. The third-order valence-corrected chi connectivity index (χ3v) is 2.83. The van der Waals surface area contributed by atoms with Gasteiger partial charge in [0.25, 0.3) is 0 Å². The van der Waals surface area contributed by atoms with Crippen LogP contribution in [-0.4, -0.2) is 27.0 Å². The van der Waals surface area contributed by atoms with Crippen LogP contribution in [0, 0.1) is 0 Å². The number of hydrogen-bond acceptors (Lipinski definition) is 5. The molecule has 0 radical (unpaired) electrons. The first-order valence-corrected chi connectivity index (χ1v) is 6.06. The van der Waals surface area contributed by atoms with E-state index >= 15 is 0 Å². The maximum atomic E-state index is 10.7. The van der Waals surface area contributed by atoms with Crippen molar-refractivity contribution >= 4 is 22.5 Å². The molecular weight excluding hydrogens is 228 g/mol. The van der Waals surface area contributed by atoms with Crippen molar-refractivity contribution in [1.82, 2.24) is 0 Å². The van der Waals surface area contributed by atoms with E-state index in [9.17, 15) is 8.76 Å². The van der Waals surface area contributed by atoms with Crippen molar-refractivity contribution in [2.24, 2.45) is 0 Å². The second kappa shape index (κ2) is 6.47. The minimum absolute atomic E-state index is 0.112. The molecule has 6 heteroatoms. The molecule has 0 heterocycles. The Hall–Kier alpha value is -1.11. The number of nitrogens with one attached hydrogen (secondary N) is 1. The van der Waals surface area contributed by atoms with Gasteiger partial charge in [-0.1, -0.05) is 0 Å². The van der Waals surface area contributed by atoms with E-state index in [1.54, 1.807) is 12.1 Å². The van der Waals surface area contributed by atoms with Crippen molar-refractivity contribution < 1.29 is 13.9 Å². The normalized spacial score (nSPS) is 12.4. The molecule has 0 saturated carbocycles. The molecule has 0 aliphatic rings. The number of hydrogen-bond donors (Lipinski definition) is 3. The molecule has 0 aliphatic heterocycles. The number of nitrogens with two attached hydrogens (primary N) is 1. The Morgan fingerprint density at radius 3 is 2.75 bits per heavy atom. The van der Waals surface area contributed by atoms with Crippen molar-refractivity contribution in [3.05, 3.63) is 18.2 Å². The van der Waals surface area contributed by atoms with Gasteiger partial charge in [-0.3, -0.25) is 4.21 Å². The van der Waals surface area contributed by atoms with Crippen LogP contribution in [-0.2, 0) is 11.1 Å². The summed E-state index contributed by atoms with van der Waals surface area (Å²) >= 11 is -2.29. The van der Waals surface area contributed by atoms with Crippen molar-refractivity contribution in [3.8, 4) is 0 Å². The number of anilines is 2. The third kappa shape index (κ3) is 3.80. The molecule has 0 bridgehead atoms. The van der Waals surface area contributed by atoms with Crippen LogP contribution in [0.5, 0.6) is 0 Å². The second-order valence-corrected chi connectivity index (χ2v) is 4.25. The quantitative estimate of drug-likeness (QED) is 0.388. The summed E-state index contributed by atoms with van der Waals surface area (Å²) in [6, 6.07) is 4.72. The summed E-state index contributed by atoms with van der Waals surface area (Å²) in [4.78, 5) is 0.112. The molecule has 1 aromatic carbocycles. The van der Waals surface area contributed by atoms with Crippen molar-refractivity contribution in [2.75, 3.05) is 24.2 Å². The first-order valence-electron chi connectivity index (χ1n) is 4.98. The standard InChI is InChI=1S/C10H16N2O3S/c11-9-7-8(12-5-1-2-6-13)3-4-10(9)16(14)15/h3-4,7,12-13H,1-2,5-6,11H2,(H,14,15)/p-1. The Labute approximate surface area is 97.0 Å². The molecule has 1 unspecified atom stereocenters. The molecule has 5 nitrogen and oxygen atoms in total. The predicted molar refractivity (Wildman–Crippen MR) is 62.8 cm³/mol. The van der Waals surface area contributed by atoms with E-state index in [-0.39, 0.29) is 17.2 Å². The number of nitrogen functional groups attached to an aromatic ring is 1. The fourth-order valence-electron chi connectivity index (χ4n) is 1.28. The Morgan fingerprint density at radius 2 is 2.19 bits per heavy atom. The van der Waals surface area contributed by atoms with Gasteiger partial charge in [-0.2, -0.15) is 0 Å². The van der Waals surface area contributed by atoms with Crippen molar-refractivity contribution in [1.29, 1.82) is 0 Å².